The molecule has 1 atom stereocenters. The number of nitrogens with one attached hydrogen (secondary N) is 1. The lowest BCUT2D eigenvalue weighted by Crippen LogP contribution is -2.42. The first kappa shape index (κ1) is 17.9. The van der Waals surface area contributed by atoms with Gasteiger partial charge in [-0.25, -0.2) is 0 Å². The molecule has 2 aliphatic heterocycles. The zero-order valence-corrected chi connectivity index (χ0v) is 15.0. The maximum Gasteiger partial charge on any atom is 0.228 e. The van der Waals surface area contributed by atoms with Gasteiger partial charge in [0.2, 0.25) is 11.8 Å². The van der Waals surface area contributed by atoms with Crippen LogP contribution in [0.25, 0.3) is 0 Å². The Morgan fingerprint density at radius 2 is 2.04 bits per heavy atom. The average Bonchev–Trinajstić information content (AvgIpc) is 3.14. The average molecular weight is 344 g/mol. The fraction of sp³-hybridized carbons (Fsp3) is 0.600. The lowest BCUT2D eigenvalue weighted by Gasteiger charge is -2.33. The predicted molar refractivity (Wildman–Crippen MR) is 97.3 cm³/mol. The van der Waals surface area contributed by atoms with Gasteiger partial charge in [-0.1, -0.05) is 12.1 Å². The van der Waals surface area contributed by atoms with Crippen LogP contribution < -0.4 is 5.32 Å². The molecule has 0 aliphatic carbocycles. The summed E-state index contributed by atoms with van der Waals surface area (Å²) in [6.45, 7) is 4.95. The van der Waals surface area contributed by atoms with Crippen molar-refractivity contribution in [2.24, 2.45) is 11.8 Å². The largest absolute Gasteiger partial charge is 0.381 e. The molecule has 1 N–H and O–H groups in total. The normalized spacial score (nSPS) is 21.3. The minimum atomic E-state index is 0.0663. The van der Waals surface area contributed by atoms with Crippen LogP contribution in [-0.2, 0) is 14.3 Å². The number of aryl methyl sites for hydroxylation is 1. The lowest BCUT2D eigenvalue weighted by atomic mass is 9.91. The molecule has 136 valence electrons. The second-order valence-corrected chi connectivity index (χ2v) is 7.29. The Hall–Kier alpha value is -1.88. The summed E-state index contributed by atoms with van der Waals surface area (Å²) in [5.74, 6) is 0.934. The second kappa shape index (κ2) is 8.48. The van der Waals surface area contributed by atoms with Crippen molar-refractivity contribution in [2.45, 2.75) is 39.0 Å². The van der Waals surface area contributed by atoms with Gasteiger partial charge in [0, 0.05) is 31.8 Å². The van der Waals surface area contributed by atoms with Gasteiger partial charge in [-0.05, 0) is 56.2 Å². The molecule has 2 heterocycles. The number of carbonyl (C=O) groups is 2. The molecule has 0 unspecified atom stereocenters. The van der Waals surface area contributed by atoms with Crippen LogP contribution in [0.2, 0.25) is 0 Å². The number of amides is 2. The van der Waals surface area contributed by atoms with Gasteiger partial charge in [0.15, 0.2) is 0 Å². The summed E-state index contributed by atoms with van der Waals surface area (Å²) < 4.78 is 5.32. The second-order valence-electron chi connectivity index (χ2n) is 7.29. The highest BCUT2D eigenvalue weighted by atomic mass is 16.5. The molecule has 2 fully saturated rings. The minimum absolute atomic E-state index is 0.0663. The van der Waals surface area contributed by atoms with Crippen LogP contribution in [0.4, 0.5) is 5.69 Å². The van der Waals surface area contributed by atoms with Crippen LogP contribution in [0.5, 0.6) is 0 Å². The van der Waals surface area contributed by atoms with Gasteiger partial charge in [-0.3, -0.25) is 9.59 Å². The molecular weight excluding hydrogens is 316 g/mol. The Kier molecular flexibility index (Phi) is 6.08. The lowest BCUT2D eigenvalue weighted by molar-refractivity contribution is -0.137. The third kappa shape index (κ3) is 5.05. The van der Waals surface area contributed by atoms with E-state index in [1.807, 2.05) is 36.1 Å². The van der Waals surface area contributed by atoms with E-state index < -0.39 is 0 Å². The highest BCUT2D eigenvalue weighted by molar-refractivity contribution is 5.90. The highest BCUT2D eigenvalue weighted by Gasteiger charge is 2.30. The Balaban J connectivity index is 1.37. The summed E-state index contributed by atoms with van der Waals surface area (Å²) in [4.78, 5) is 26.5. The van der Waals surface area contributed by atoms with E-state index in [2.05, 4.69) is 5.32 Å². The summed E-state index contributed by atoms with van der Waals surface area (Å²) in [5.41, 5.74) is 2.01. The molecule has 2 amide bonds. The van der Waals surface area contributed by atoms with Crippen LogP contribution in [0, 0.1) is 18.8 Å². The molecule has 5 heteroatoms. The molecule has 0 spiro atoms. The van der Waals surface area contributed by atoms with E-state index >= 15 is 0 Å². The van der Waals surface area contributed by atoms with Crippen molar-refractivity contribution < 1.29 is 14.3 Å². The van der Waals surface area contributed by atoms with Crippen LogP contribution in [0.1, 0.15) is 37.7 Å². The summed E-state index contributed by atoms with van der Waals surface area (Å²) in [5, 5.41) is 2.97. The van der Waals surface area contributed by atoms with Crippen molar-refractivity contribution in [3.05, 3.63) is 29.8 Å². The molecule has 0 radical (unpaired) electrons. The van der Waals surface area contributed by atoms with Crippen molar-refractivity contribution in [1.29, 1.82) is 0 Å². The summed E-state index contributed by atoms with van der Waals surface area (Å²) in [7, 11) is 0. The van der Waals surface area contributed by atoms with Crippen molar-refractivity contribution >= 4 is 17.5 Å². The third-order valence-corrected chi connectivity index (χ3v) is 5.29. The number of benzene rings is 1. The van der Waals surface area contributed by atoms with E-state index in [4.69, 9.17) is 4.74 Å². The van der Waals surface area contributed by atoms with Crippen molar-refractivity contribution in [2.75, 3.05) is 31.6 Å². The smallest absolute Gasteiger partial charge is 0.228 e. The molecule has 1 aromatic rings. The number of hydrogen-bond acceptors (Lipinski definition) is 3. The van der Waals surface area contributed by atoms with E-state index in [9.17, 15) is 9.59 Å². The molecule has 0 aromatic heterocycles. The number of carbonyl (C=O) groups excluding carboxylic acids is 2. The van der Waals surface area contributed by atoms with Gasteiger partial charge in [0.1, 0.15) is 0 Å². The molecule has 25 heavy (non-hydrogen) atoms. The first-order valence-electron chi connectivity index (χ1n) is 9.35. The molecular formula is C20H28N2O3. The van der Waals surface area contributed by atoms with E-state index in [1.165, 1.54) is 0 Å². The van der Waals surface area contributed by atoms with Crippen LogP contribution in [0.3, 0.4) is 0 Å². The van der Waals surface area contributed by atoms with E-state index in [1.54, 1.807) is 0 Å². The number of ether oxygens (including phenoxy) is 1. The summed E-state index contributed by atoms with van der Waals surface area (Å²) in [6.07, 6.45) is 4.29. The van der Waals surface area contributed by atoms with Gasteiger partial charge in [0.25, 0.3) is 0 Å². The maximum absolute atomic E-state index is 12.4. The number of rotatable bonds is 5. The Morgan fingerprint density at radius 1 is 1.24 bits per heavy atom. The summed E-state index contributed by atoms with van der Waals surface area (Å²) >= 11 is 0. The summed E-state index contributed by atoms with van der Waals surface area (Å²) in [6, 6.07) is 7.87. The van der Waals surface area contributed by atoms with Crippen LogP contribution >= 0.6 is 0 Å². The highest BCUT2D eigenvalue weighted by Crippen LogP contribution is 2.25. The number of anilines is 1. The molecule has 2 aliphatic rings. The predicted octanol–water partition coefficient (Wildman–Crippen LogP) is 2.99. The van der Waals surface area contributed by atoms with E-state index in [0.717, 1.165) is 50.0 Å². The molecule has 1 aromatic carbocycles. The van der Waals surface area contributed by atoms with E-state index in [0.29, 0.717) is 25.6 Å². The van der Waals surface area contributed by atoms with Crippen molar-refractivity contribution in [3.8, 4) is 0 Å². The first-order chi connectivity index (χ1) is 12.1. The number of likely N-dealkylation sites (tertiary alicyclic amines) is 1. The quantitative estimate of drug-likeness (QED) is 0.893. The SMILES string of the molecule is Cc1cccc(NC(=O)CCC2CCN(C(=O)[C@H]3CCOC3)CC2)c1. The van der Waals surface area contributed by atoms with Crippen LogP contribution in [0.15, 0.2) is 24.3 Å². The maximum atomic E-state index is 12.4. The van der Waals surface area contributed by atoms with Crippen LogP contribution in [-0.4, -0.2) is 43.0 Å². The van der Waals surface area contributed by atoms with Crippen molar-refractivity contribution in [1.82, 2.24) is 4.90 Å². The number of hydrogen-bond donors (Lipinski definition) is 1. The Labute approximate surface area is 149 Å². The fourth-order valence-electron chi connectivity index (χ4n) is 3.71. The van der Waals surface area contributed by atoms with Gasteiger partial charge < -0.3 is 15.0 Å². The zero-order chi connectivity index (χ0) is 17.6. The third-order valence-electron chi connectivity index (χ3n) is 5.29. The van der Waals surface area contributed by atoms with Gasteiger partial charge in [-0.15, -0.1) is 0 Å². The fourth-order valence-corrected chi connectivity index (χ4v) is 3.71. The van der Waals surface area contributed by atoms with Gasteiger partial charge in [-0.2, -0.15) is 0 Å². The molecule has 0 saturated carbocycles. The molecule has 0 bridgehead atoms. The Morgan fingerprint density at radius 3 is 2.72 bits per heavy atom. The number of nitrogens with zero attached hydrogens (tertiary/aromatic N) is 1. The standard InChI is InChI=1S/C20H28N2O3/c1-15-3-2-4-18(13-15)21-19(23)6-5-16-7-10-22(11-8-16)20(24)17-9-12-25-14-17/h2-4,13,16-17H,5-12,14H2,1H3,(H,21,23)/t17-/m0/s1. The van der Waals surface area contributed by atoms with E-state index in [-0.39, 0.29) is 17.7 Å². The molecule has 5 nitrogen and oxygen atoms in total. The molecule has 3 rings (SSSR count). The zero-order valence-electron chi connectivity index (χ0n) is 15.0. The van der Waals surface area contributed by atoms with Gasteiger partial charge in [0.05, 0.1) is 12.5 Å². The van der Waals surface area contributed by atoms with Gasteiger partial charge >= 0.3 is 0 Å². The first-order valence-corrected chi connectivity index (χ1v) is 9.35. The monoisotopic (exact) mass is 344 g/mol. The molecule has 2 saturated heterocycles. The number of piperidine rings is 1. The Bertz CT molecular complexity index is 603. The minimum Gasteiger partial charge on any atom is -0.381 e. The van der Waals surface area contributed by atoms with Crippen molar-refractivity contribution in [3.63, 3.8) is 0 Å². The topological polar surface area (TPSA) is 58.6 Å².